The molecule has 3 aromatic carbocycles. The van der Waals surface area contributed by atoms with Gasteiger partial charge in [-0.1, -0.05) is 24.8 Å². The third-order valence-electron chi connectivity index (χ3n) is 8.75. The van der Waals surface area contributed by atoms with Gasteiger partial charge in [-0.2, -0.15) is 10.1 Å². The number of morpholine rings is 1. The summed E-state index contributed by atoms with van der Waals surface area (Å²) in [4.78, 5) is 41.9. The third kappa shape index (κ3) is 7.11. The molecule has 0 aliphatic carbocycles. The highest BCUT2D eigenvalue weighted by atomic mass is 19.1. The van der Waals surface area contributed by atoms with Gasteiger partial charge in [-0.3, -0.25) is 14.7 Å². The molecular formula is C36H37FN10O3. The molecule has 4 N–H and O–H groups in total. The van der Waals surface area contributed by atoms with Crippen molar-refractivity contribution in [1.29, 1.82) is 0 Å². The number of carbonyl (C=O) groups is 2. The summed E-state index contributed by atoms with van der Waals surface area (Å²) in [5, 5.41) is 16.4. The molecule has 0 atom stereocenters. The molecule has 2 saturated heterocycles. The van der Waals surface area contributed by atoms with E-state index < -0.39 is 11.7 Å². The lowest BCUT2D eigenvalue weighted by atomic mass is 10.1. The van der Waals surface area contributed by atoms with Crippen molar-refractivity contribution in [2.45, 2.75) is 0 Å². The van der Waals surface area contributed by atoms with E-state index in [-0.39, 0.29) is 23.2 Å². The Balaban J connectivity index is 1.22. The molecule has 2 aliphatic heterocycles. The Labute approximate surface area is 288 Å². The third-order valence-corrected chi connectivity index (χ3v) is 8.75. The van der Waals surface area contributed by atoms with Crippen LogP contribution in [-0.4, -0.2) is 96.4 Å². The fourth-order valence-corrected chi connectivity index (χ4v) is 6.11. The molecule has 13 nitrogen and oxygen atoms in total. The minimum Gasteiger partial charge on any atom is -0.378 e. The molecule has 2 amide bonds. The van der Waals surface area contributed by atoms with Crippen molar-refractivity contribution < 1.29 is 18.7 Å². The van der Waals surface area contributed by atoms with Crippen molar-refractivity contribution in [3.63, 3.8) is 0 Å². The van der Waals surface area contributed by atoms with Crippen LogP contribution < -0.4 is 25.8 Å². The van der Waals surface area contributed by atoms with Crippen LogP contribution in [0.1, 0.15) is 10.5 Å². The minimum atomic E-state index is -0.573. The van der Waals surface area contributed by atoms with Gasteiger partial charge in [0.15, 0.2) is 11.3 Å². The second-order valence-electron chi connectivity index (χ2n) is 12.2. The summed E-state index contributed by atoms with van der Waals surface area (Å²) in [5.74, 6) is -1.12. The lowest BCUT2D eigenvalue weighted by Gasteiger charge is -2.34. The van der Waals surface area contributed by atoms with Gasteiger partial charge in [0.2, 0.25) is 11.9 Å². The topological polar surface area (TPSA) is 144 Å². The molecule has 50 heavy (non-hydrogen) atoms. The fourth-order valence-electron chi connectivity index (χ4n) is 6.11. The van der Waals surface area contributed by atoms with Gasteiger partial charge in [0.1, 0.15) is 5.82 Å². The first kappa shape index (κ1) is 32.7. The summed E-state index contributed by atoms with van der Waals surface area (Å²) < 4.78 is 20.5. The summed E-state index contributed by atoms with van der Waals surface area (Å²) in [6.07, 6.45) is 1.18. The number of piperazine rings is 1. The van der Waals surface area contributed by atoms with Gasteiger partial charge in [-0.25, -0.2) is 9.37 Å². The highest BCUT2D eigenvalue weighted by molar-refractivity contribution is 6.14. The molecule has 2 fully saturated rings. The number of likely N-dealkylation sites (N-methyl/N-ethyl adjacent to an activating group) is 1. The van der Waals surface area contributed by atoms with Crippen LogP contribution in [0.2, 0.25) is 0 Å². The summed E-state index contributed by atoms with van der Waals surface area (Å²) >= 11 is 0. The van der Waals surface area contributed by atoms with Crippen LogP contribution in [0.5, 0.6) is 0 Å². The average molecular weight is 677 g/mol. The molecule has 0 saturated carbocycles. The van der Waals surface area contributed by atoms with Crippen LogP contribution in [0, 0.1) is 5.82 Å². The van der Waals surface area contributed by atoms with E-state index in [0.717, 1.165) is 37.6 Å². The van der Waals surface area contributed by atoms with Crippen molar-refractivity contribution in [2.24, 2.45) is 0 Å². The number of carbonyl (C=O) groups excluding carboxylic acids is 2. The van der Waals surface area contributed by atoms with Gasteiger partial charge in [-0.15, -0.1) is 0 Å². The number of fused-ring (bicyclic) bond motifs is 1. The largest absolute Gasteiger partial charge is 0.378 e. The summed E-state index contributed by atoms with van der Waals surface area (Å²) in [6, 6.07) is 19.7. The van der Waals surface area contributed by atoms with Gasteiger partial charge in [-0.05, 0) is 61.7 Å². The predicted octanol–water partition coefficient (Wildman–Crippen LogP) is 4.87. The molecule has 256 valence electrons. The van der Waals surface area contributed by atoms with Crippen LogP contribution in [0.25, 0.3) is 22.3 Å². The van der Waals surface area contributed by atoms with Crippen LogP contribution in [0.4, 0.5) is 38.8 Å². The van der Waals surface area contributed by atoms with Crippen LogP contribution in [-0.2, 0) is 9.53 Å². The molecule has 14 heteroatoms. The molecule has 7 rings (SSSR count). The average Bonchev–Trinajstić information content (AvgIpc) is 3.56. The zero-order valence-corrected chi connectivity index (χ0v) is 27.6. The zero-order chi connectivity index (χ0) is 34.6. The molecule has 2 aromatic heterocycles. The van der Waals surface area contributed by atoms with Crippen LogP contribution in [0.3, 0.4) is 0 Å². The zero-order valence-electron chi connectivity index (χ0n) is 27.6. The first-order valence-corrected chi connectivity index (χ1v) is 16.4. The molecule has 0 unspecified atom stereocenters. The van der Waals surface area contributed by atoms with Crippen molar-refractivity contribution in [3.8, 4) is 11.3 Å². The Kier molecular flexibility index (Phi) is 9.36. The number of H-pyrrole nitrogens is 1. The Morgan fingerprint density at radius 2 is 1.64 bits per heavy atom. The maximum absolute atomic E-state index is 15.2. The van der Waals surface area contributed by atoms with Crippen LogP contribution >= 0.6 is 0 Å². The Morgan fingerprint density at radius 1 is 0.880 bits per heavy atom. The Morgan fingerprint density at radius 3 is 2.42 bits per heavy atom. The molecule has 4 heterocycles. The number of ether oxygens (including phenoxy) is 1. The van der Waals surface area contributed by atoms with Crippen molar-refractivity contribution in [3.05, 3.63) is 90.9 Å². The highest BCUT2D eigenvalue weighted by Gasteiger charge is 2.23. The number of nitrogens with zero attached hydrogens (tertiary/aromatic N) is 6. The first-order valence-electron chi connectivity index (χ1n) is 16.4. The summed E-state index contributed by atoms with van der Waals surface area (Å²) in [7, 11) is 2.12. The monoisotopic (exact) mass is 676 g/mol. The fraction of sp³-hybridized carbons (Fsp3) is 0.250. The number of hydrogen-bond donors (Lipinski definition) is 4. The number of hydrogen-bond acceptors (Lipinski definition) is 10. The number of anilines is 6. The number of rotatable bonds is 9. The standard InChI is InChI=1S/C36H37FN10O3/c1-3-30(48)38-24-7-4-6-23(20-24)32-31-33(35(49)39-26-10-11-29(28(37)22-26)47-16-18-50-19-17-47)43-44-34(31)42-36(41-32)40-25-8-5-9-27(21-25)46-14-12-45(2)13-15-46/h3-11,20-22H,1,12-19H2,2H3,(H,38,48)(H,39,49)(H2,40,41,42,43,44). The van der Waals surface area contributed by atoms with Crippen molar-refractivity contribution >= 4 is 57.2 Å². The van der Waals surface area contributed by atoms with E-state index in [1.54, 1.807) is 30.3 Å². The SMILES string of the molecule is C=CC(=O)Nc1cccc(-c2nc(Nc3cccc(N4CCN(C)CC4)c3)nc3[nH]nc(C(=O)Nc4ccc(N5CCOCC5)c(F)c4)c23)c1. The molecule has 2 aliphatic rings. The highest BCUT2D eigenvalue weighted by Crippen LogP contribution is 2.33. The van der Waals surface area contributed by atoms with Gasteiger partial charge >= 0.3 is 0 Å². The molecular weight excluding hydrogens is 639 g/mol. The number of amides is 2. The smallest absolute Gasteiger partial charge is 0.276 e. The van der Waals surface area contributed by atoms with E-state index in [2.05, 4.69) is 66.7 Å². The Bertz CT molecular complexity index is 2050. The number of aromatic nitrogens is 4. The van der Waals surface area contributed by atoms with E-state index in [1.807, 2.05) is 23.1 Å². The normalized spacial score (nSPS) is 15.2. The summed E-state index contributed by atoms with van der Waals surface area (Å²) in [5.41, 5.74) is 4.45. The summed E-state index contributed by atoms with van der Waals surface area (Å²) in [6.45, 7) is 9.57. The van der Waals surface area contributed by atoms with Crippen LogP contribution in [0.15, 0.2) is 79.4 Å². The molecule has 0 spiro atoms. The molecule has 0 radical (unpaired) electrons. The van der Waals surface area contributed by atoms with Crippen molar-refractivity contribution in [2.75, 3.05) is 85.3 Å². The van der Waals surface area contributed by atoms with E-state index in [9.17, 15) is 9.59 Å². The Hall–Kier alpha value is -5.86. The molecule has 5 aromatic rings. The van der Waals surface area contributed by atoms with E-state index in [0.29, 0.717) is 60.0 Å². The lowest BCUT2D eigenvalue weighted by Crippen LogP contribution is -2.44. The maximum Gasteiger partial charge on any atom is 0.276 e. The van der Waals surface area contributed by atoms with E-state index in [4.69, 9.17) is 9.72 Å². The second-order valence-corrected chi connectivity index (χ2v) is 12.2. The second kappa shape index (κ2) is 14.3. The van der Waals surface area contributed by atoms with Crippen molar-refractivity contribution in [1.82, 2.24) is 25.1 Å². The number of nitrogens with one attached hydrogen (secondary N) is 4. The quantitative estimate of drug-likeness (QED) is 0.160. The van der Waals surface area contributed by atoms with E-state index in [1.165, 1.54) is 12.1 Å². The van der Waals surface area contributed by atoms with Gasteiger partial charge in [0, 0.05) is 67.6 Å². The minimum absolute atomic E-state index is 0.0248. The predicted molar refractivity (Wildman–Crippen MR) is 193 cm³/mol. The maximum atomic E-state index is 15.2. The van der Waals surface area contributed by atoms with E-state index >= 15 is 4.39 Å². The number of halogens is 1. The van der Waals surface area contributed by atoms with Gasteiger partial charge < -0.3 is 35.4 Å². The lowest BCUT2D eigenvalue weighted by molar-refractivity contribution is -0.111. The molecule has 0 bridgehead atoms. The first-order chi connectivity index (χ1) is 24.3. The van der Waals surface area contributed by atoms with Gasteiger partial charge in [0.25, 0.3) is 5.91 Å². The number of aromatic amines is 1. The van der Waals surface area contributed by atoms with Gasteiger partial charge in [0.05, 0.1) is 30.0 Å². The number of benzene rings is 3.